The van der Waals surface area contributed by atoms with E-state index < -0.39 is 0 Å². The minimum absolute atomic E-state index is 0.128. The largest absolute Gasteiger partial charge is 0.330 e. The fraction of sp³-hybridized carbons (Fsp3) is 0.417. The van der Waals surface area contributed by atoms with Crippen molar-refractivity contribution in [2.24, 2.45) is 5.73 Å². The Labute approximate surface area is 112 Å². The molecule has 0 atom stereocenters. The molecule has 3 N–H and O–H groups in total. The number of nitrogens with one attached hydrogen (secondary N) is 1. The van der Waals surface area contributed by atoms with Crippen molar-refractivity contribution in [3.63, 3.8) is 0 Å². The van der Waals surface area contributed by atoms with Crippen molar-refractivity contribution in [3.8, 4) is 0 Å². The van der Waals surface area contributed by atoms with E-state index in [4.69, 9.17) is 10.6 Å². The number of amides is 1. The van der Waals surface area contributed by atoms with Crippen LogP contribution in [0.25, 0.3) is 0 Å². The molecule has 0 aliphatic heterocycles. The SMILES string of the molecule is COCl.NCCCC(=O)NOCc1ccccc1. The molecule has 0 saturated heterocycles. The van der Waals surface area contributed by atoms with Gasteiger partial charge in [0.25, 0.3) is 0 Å². The number of benzene rings is 1. The number of hydroxylamine groups is 1. The average molecular weight is 275 g/mol. The minimum Gasteiger partial charge on any atom is -0.330 e. The molecule has 1 rings (SSSR count). The number of hydrogen-bond donors (Lipinski definition) is 2. The molecule has 0 aliphatic rings. The second-order valence-corrected chi connectivity index (χ2v) is 3.65. The van der Waals surface area contributed by atoms with E-state index in [0.29, 0.717) is 26.0 Å². The first-order valence-corrected chi connectivity index (χ1v) is 5.84. The Hall–Kier alpha value is -1.14. The third-order valence-electron chi connectivity index (χ3n) is 1.88. The number of hydrogen-bond acceptors (Lipinski definition) is 4. The van der Waals surface area contributed by atoms with Gasteiger partial charge in [0, 0.05) is 6.42 Å². The maximum atomic E-state index is 11.1. The van der Waals surface area contributed by atoms with Crippen LogP contribution in [0.2, 0.25) is 0 Å². The molecule has 5 nitrogen and oxygen atoms in total. The summed E-state index contributed by atoms with van der Waals surface area (Å²) in [6, 6.07) is 9.66. The van der Waals surface area contributed by atoms with E-state index in [0.717, 1.165) is 5.56 Å². The summed E-state index contributed by atoms with van der Waals surface area (Å²) in [7, 11) is 1.39. The predicted octanol–water partition coefficient (Wildman–Crippen LogP) is 1.76. The van der Waals surface area contributed by atoms with E-state index in [1.54, 1.807) is 0 Å². The van der Waals surface area contributed by atoms with Crippen LogP contribution in [0.4, 0.5) is 0 Å². The molecule has 0 heterocycles. The summed E-state index contributed by atoms with van der Waals surface area (Å²) in [6.07, 6.45) is 1.09. The number of carbonyl (C=O) groups is 1. The molecule has 0 spiro atoms. The zero-order valence-electron chi connectivity index (χ0n) is 10.4. The summed E-state index contributed by atoms with van der Waals surface area (Å²) in [5, 5.41) is 0. The highest BCUT2D eigenvalue weighted by Gasteiger charge is 1.99. The Bertz CT molecular complexity index is 309. The molecule has 6 heteroatoms. The van der Waals surface area contributed by atoms with E-state index in [2.05, 4.69) is 21.6 Å². The summed E-state index contributed by atoms with van der Waals surface area (Å²) < 4.78 is 3.72. The van der Waals surface area contributed by atoms with Crippen LogP contribution in [0.5, 0.6) is 0 Å². The highest BCUT2D eigenvalue weighted by Crippen LogP contribution is 1.99. The molecule has 18 heavy (non-hydrogen) atoms. The van der Waals surface area contributed by atoms with Crippen LogP contribution in [-0.4, -0.2) is 19.6 Å². The molecule has 1 amide bonds. The van der Waals surface area contributed by atoms with Crippen molar-refractivity contribution >= 4 is 17.8 Å². The van der Waals surface area contributed by atoms with E-state index in [-0.39, 0.29) is 5.91 Å². The highest BCUT2D eigenvalue weighted by atomic mass is 35.5. The molecule has 0 radical (unpaired) electrons. The molecule has 0 aromatic heterocycles. The number of halogens is 1. The number of rotatable bonds is 6. The molecule has 0 bridgehead atoms. The molecule has 102 valence electrons. The molecular formula is C12H19ClN2O3. The second kappa shape index (κ2) is 12.3. The van der Waals surface area contributed by atoms with E-state index in [9.17, 15) is 4.79 Å². The average Bonchev–Trinajstić information content (AvgIpc) is 2.38. The van der Waals surface area contributed by atoms with Crippen molar-refractivity contribution in [3.05, 3.63) is 35.9 Å². The van der Waals surface area contributed by atoms with E-state index in [1.165, 1.54) is 7.11 Å². The van der Waals surface area contributed by atoms with Gasteiger partial charge in [0.1, 0.15) is 0 Å². The number of nitrogens with two attached hydrogens (primary N) is 1. The summed E-state index contributed by atoms with van der Waals surface area (Å²) in [5.41, 5.74) is 8.67. The topological polar surface area (TPSA) is 73.6 Å². The molecule has 1 aromatic carbocycles. The third-order valence-corrected chi connectivity index (χ3v) is 1.88. The van der Waals surface area contributed by atoms with Gasteiger partial charge >= 0.3 is 0 Å². The molecule has 0 aliphatic carbocycles. The second-order valence-electron chi connectivity index (χ2n) is 3.35. The van der Waals surface area contributed by atoms with Crippen molar-refractivity contribution < 1.29 is 13.9 Å². The monoisotopic (exact) mass is 274 g/mol. The van der Waals surface area contributed by atoms with Gasteiger partial charge in [-0.1, -0.05) is 30.3 Å². The molecular weight excluding hydrogens is 256 g/mol. The lowest BCUT2D eigenvalue weighted by atomic mass is 10.2. The fourth-order valence-electron chi connectivity index (χ4n) is 1.09. The minimum atomic E-state index is -0.128. The lowest BCUT2D eigenvalue weighted by molar-refractivity contribution is -0.134. The van der Waals surface area contributed by atoms with Crippen LogP contribution in [0.1, 0.15) is 18.4 Å². The normalized spacial score (nSPS) is 9.28. The van der Waals surface area contributed by atoms with Crippen LogP contribution in [0.3, 0.4) is 0 Å². The van der Waals surface area contributed by atoms with Gasteiger partial charge in [-0.3, -0.25) is 13.9 Å². The van der Waals surface area contributed by atoms with Crippen molar-refractivity contribution in [2.75, 3.05) is 13.7 Å². The first kappa shape index (κ1) is 16.9. The predicted molar refractivity (Wildman–Crippen MR) is 70.5 cm³/mol. The summed E-state index contributed by atoms with van der Waals surface area (Å²) >= 11 is 4.50. The number of carbonyl (C=O) groups excluding carboxylic acids is 1. The molecule has 0 fully saturated rings. The van der Waals surface area contributed by atoms with Gasteiger partial charge in [-0.25, -0.2) is 5.48 Å². The Morgan fingerprint density at radius 1 is 1.39 bits per heavy atom. The lowest BCUT2D eigenvalue weighted by Gasteiger charge is -2.05. The van der Waals surface area contributed by atoms with Crippen LogP contribution >= 0.6 is 11.9 Å². The summed E-state index contributed by atoms with van der Waals surface area (Å²) in [5.74, 6) is -0.128. The summed E-state index contributed by atoms with van der Waals surface area (Å²) in [6.45, 7) is 0.904. The Morgan fingerprint density at radius 2 is 2.00 bits per heavy atom. The quantitative estimate of drug-likeness (QED) is 0.775. The zero-order chi connectivity index (χ0) is 13.6. The summed E-state index contributed by atoms with van der Waals surface area (Å²) in [4.78, 5) is 16.1. The Kier molecular flexibility index (Phi) is 11.5. The van der Waals surface area contributed by atoms with Gasteiger partial charge in [-0.15, -0.1) is 0 Å². The van der Waals surface area contributed by atoms with Crippen LogP contribution in [0, 0.1) is 0 Å². The third kappa shape index (κ3) is 10.0. The van der Waals surface area contributed by atoms with Gasteiger partial charge in [-0.2, -0.15) is 0 Å². The van der Waals surface area contributed by atoms with Gasteiger partial charge in [0.2, 0.25) is 5.91 Å². The smallest absolute Gasteiger partial charge is 0.243 e. The molecule has 1 aromatic rings. The Balaban J connectivity index is 0.000000873. The van der Waals surface area contributed by atoms with Crippen molar-refractivity contribution in [1.82, 2.24) is 5.48 Å². The maximum Gasteiger partial charge on any atom is 0.243 e. The van der Waals surface area contributed by atoms with Gasteiger partial charge in [-0.05, 0) is 18.5 Å². The van der Waals surface area contributed by atoms with Gasteiger partial charge in [0.15, 0.2) is 0 Å². The van der Waals surface area contributed by atoms with Crippen LogP contribution in [-0.2, 0) is 20.5 Å². The van der Waals surface area contributed by atoms with E-state index in [1.807, 2.05) is 30.3 Å². The van der Waals surface area contributed by atoms with Crippen LogP contribution < -0.4 is 11.2 Å². The highest BCUT2D eigenvalue weighted by molar-refractivity contribution is 6.07. The molecule has 0 unspecified atom stereocenters. The lowest BCUT2D eigenvalue weighted by Crippen LogP contribution is -2.23. The first-order valence-electron chi connectivity index (χ1n) is 5.54. The Morgan fingerprint density at radius 3 is 2.56 bits per heavy atom. The first-order chi connectivity index (χ1) is 8.74. The van der Waals surface area contributed by atoms with Gasteiger partial charge in [0.05, 0.1) is 25.6 Å². The zero-order valence-corrected chi connectivity index (χ0v) is 11.2. The fourth-order valence-corrected chi connectivity index (χ4v) is 1.09. The van der Waals surface area contributed by atoms with Crippen molar-refractivity contribution in [2.45, 2.75) is 19.4 Å². The maximum absolute atomic E-state index is 11.1. The van der Waals surface area contributed by atoms with Gasteiger partial charge < -0.3 is 5.73 Å². The van der Waals surface area contributed by atoms with Crippen molar-refractivity contribution in [1.29, 1.82) is 0 Å². The standard InChI is InChI=1S/C11H16N2O2.CH3ClO/c12-8-4-7-11(14)13-15-9-10-5-2-1-3-6-10;1-3-2/h1-3,5-6H,4,7-9,12H2,(H,13,14);1H3. The van der Waals surface area contributed by atoms with E-state index >= 15 is 0 Å². The van der Waals surface area contributed by atoms with Crippen LogP contribution in [0.15, 0.2) is 30.3 Å². The molecule has 0 saturated carbocycles.